The highest BCUT2D eigenvalue weighted by Crippen LogP contribution is 2.30. The number of rotatable bonds is 4. The predicted molar refractivity (Wildman–Crippen MR) is 110 cm³/mol. The molecule has 3 aromatic rings. The molecule has 0 N–H and O–H groups in total. The van der Waals surface area contributed by atoms with Crippen molar-refractivity contribution in [2.75, 3.05) is 19.7 Å². The van der Waals surface area contributed by atoms with Crippen molar-refractivity contribution in [3.05, 3.63) is 65.1 Å². The summed E-state index contributed by atoms with van der Waals surface area (Å²) in [6.45, 7) is 3.65. The van der Waals surface area contributed by atoms with Crippen molar-refractivity contribution < 1.29 is 9.53 Å². The van der Waals surface area contributed by atoms with Crippen LogP contribution < -0.4 is 4.74 Å². The molecule has 3 heterocycles. The average molecular weight is 396 g/mol. The number of halogens is 1. The van der Waals surface area contributed by atoms with Crippen molar-refractivity contribution in [3.63, 3.8) is 0 Å². The van der Waals surface area contributed by atoms with Gasteiger partial charge < -0.3 is 9.64 Å². The molecule has 6 heteroatoms. The van der Waals surface area contributed by atoms with Crippen LogP contribution >= 0.6 is 11.6 Å². The van der Waals surface area contributed by atoms with Crippen molar-refractivity contribution >= 4 is 28.3 Å². The number of likely N-dealkylation sites (tertiary alicyclic amines) is 1. The van der Waals surface area contributed by atoms with Gasteiger partial charge in [-0.3, -0.25) is 9.78 Å². The van der Waals surface area contributed by atoms with Crippen LogP contribution in [0.4, 0.5) is 0 Å². The zero-order valence-electron chi connectivity index (χ0n) is 15.8. The van der Waals surface area contributed by atoms with E-state index >= 15 is 0 Å². The lowest BCUT2D eigenvalue weighted by Gasteiger charge is -2.33. The average Bonchev–Trinajstić information content (AvgIpc) is 2.74. The molecule has 1 aliphatic rings. The first-order valence-corrected chi connectivity index (χ1v) is 9.96. The maximum atomic E-state index is 13.2. The van der Waals surface area contributed by atoms with Crippen LogP contribution in [0.25, 0.3) is 10.8 Å². The molecule has 0 saturated carbocycles. The predicted octanol–water partition coefficient (Wildman–Crippen LogP) is 4.70. The number of ether oxygens (including phenoxy) is 1. The molecule has 1 saturated heterocycles. The number of hydrogen-bond acceptors (Lipinski definition) is 4. The molecule has 4 rings (SSSR count). The van der Waals surface area contributed by atoms with Gasteiger partial charge in [0.05, 0.1) is 11.6 Å². The van der Waals surface area contributed by atoms with E-state index in [4.69, 9.17) is 16.3 Å². The number of hydrogen-bond donors (Lipinski definition) is 0. The SMILES string of the molecule is CCOc1ncc(Cl)cc1C(=O)N1CCC[C@H](c2cc3ccccc3cn2)C1. The summed E-state index contributed by atoms with van der Waals surface area (Å²) < 4.78 is 5.53. The Morgan fingerprint density at radius 1 is 1.21 bits per heavy atom. The molecule has 5 nitrogen and oxygen atoms in total. The van der Waals surface area contributed by atoms with Crippen molar-refractivity contribution in [1.29, 1.82) is 0 Å². The van der Waals surface area contributed by atoms with Crippen LogP contribution in [0.3, 0.4) is 0 Å². The Hall–Kier alpha value is -2.66. The molecular weight excluding hydrogens is 374 g/mol. The highest BCUT2D eigenvalue weighted by Gasteiger charge is 2.28. The van der Waals surface area contributed by atoms with E-state index in [9.17, 15) is 4.79 Å². The van der Waals surface area contributed by atoms with Gasteiger partial charge in [0.25, 0.3) is 5.91 Å². The van der Waals surface area contributed by atoms with E-state index in [1.54, 1.807) is 6.07 Å². The second-order valence-corrected chi connectivity index (χ2v) is 7.42. The van der Waals surface area contributed by atoms with Crippen LogP contribution in [0.1, 0.15) is 41.7 Å². The maximum Gasteiger partial charge on any atom is 0.259 e. The smallest absolute Gasteiger partial charge is 0.259 e. The summed E-state index contributed by atoms with van der Waals surface area (Å²) in [5.41, 5.74) is 1.45. The Morgan fingerprint density at radius 3 is 2.86 bits per heavy atom. The molecule has 0 unspecified atom stereocenters. The largest absolute Gasteiger partial charge is 0.477 e. The molecule has 0 spiro atoms. The van der Waals surface area contributed by atoms with Crippen LogP contribution in [-0.2, 0) is 0 Å². The number of aromatic nitrogens is 2. The number of carbonyl (C=O) groups is 1. The molecule has 1 aliphatic heterocycles. The van der Waals surface area contributed by atoms with Gasteiger partial charge in [0.15, 0.2) is 0 Å². The van der Waals surface area contributed by atoms with Gasteiger partial charge in [-0.2, -0.15) is 0 Å². The van der Waals surface area contributed by atoms with Gasteiger partial charge in [-0.1, -0.05) is 35.9 Å². The number of benzene rings is 1. The Balaban J connectivity index is 1.58. The van der Waals surface area contributed by atoms with E-state index in [2.05, 4.69) is 28.2 Å². The summed E-state index contributed by atoms with van der Waals surface area (Å²) in [5, 5.41) is 2.73. The number of pyridine rings is 2. The minimum absolute atomic E-state index is 0.0936. The topological polar surface area (TPSA) is 55.3 Å². The Kier molecular flexibility index (Phi) is 5.44. The van der Waals surface area contributed by atoms with Crippen LogP contribution in [0.5, 0.6) is 5.88 Å². The van der Waals surface area contributed by atoms with Crippen LogP contribution in [0.15, 0.2) is 48.8 Å². The Bertz CT molecular complexity index is 1010. The first-order chi connectivity index (χ1) is 13.7. The third-order valence-electron chi connectivity index (χ3n) is 5.11. The van der Waals surface area contributed by atoms with Gasteiger partial charge in [0.1, 0.15) is 5.56 Å². The molecule has 1 aromatic carbocycles. The number of nitrogens with zero attached hydrogens (tertiary/aromatic N) is 3. The molecular formula is C22H22ClN3O2. The van der Waals surface area contributed by atoms with Crippen molar-refractivity contribution in [3.8, 4) is 5.88 Å². The second kappa shape index (κ2) is 8.15. The summed E-state index contributed by atoms with van der Waals surface area (Å²) in [6.07, 6.45) is 5.37. The summed E-state index contributed by atoms with van der Waals surface area (Å²) >= 11 is 6.08. The molecule has 2 aromatic heterocycles. The fourth-order valence-electron chi connectivity index (χ4n) is 3.73. The molecule has 1 amide bonds. The third-order valence-corrected chi connectivity index (χ3v) is 5.31. The van der Waals surface area contributed by atoms with E-state index in [0.29, 0.717) is 36.2 Å². The number of piperidine rings is 1. The lowest BCUT2D eigenvalue weighted by atomic mass is 9.93. The molecule has 0 aliphatic carbocycles. The first-order valence-electron chi connectivity index (χ1n) is 9.58. The highest BCUT2D eigenvalue weighted by molar-refractivity contribution is 6.30. The van der Waals surface area contributed by atoms with Gasteiger partial charge in [-0.05, 0) is 37.3 Å². The van der Waals surface area contributed by atoms with Crippen LogP contribution in [-0.4, -0.2) is 40.5 Å². The summed E-state index contributed by atoms with van der Waals surface area (Å²) in [5.74, 6) is 0.455. The number of fused-ring (bicyclic) bond motifs is 1. The van der Waals surface area contributed by atoms with Gasteiger partial charge in [0.2, 0.25) is 5.88 Å². The maximum absolute atomic E-state index is 13.2. The fourth-order valence-corrected chi connectivity index (χ4v) is 3.89. The van der Waals surface area contributed by atoms with Crippen LogP contribution in [0, 0.1) is 0 Å². The molecule has 1 fully saturated rings. The van der Waals surface area contributed by atoms with Gasteiger partial charge in [-0.25, -0.2) is 4.98 Å². The Morgan fingerprint density at radius 2 is 2.04 bits per heavy atom. The van der Waals surface area contributed by atoms with Crippen molar-refractivity contribution in [2.24, 2.45) is 0 Å². The minimum Gasteiger partial charge on any atom is -0.477 e. The normalized spacial score (nSPS) is 16.9. The van der Waals surface area contributed by atoms with Gasteiger partial charge in [-0.15, -0.1) is 0 Å². The van der Waals surface area contributed by atoms with E-state index in [-0.39, 0.29) is 11.8 Å². The van der Waals surface area contributed by atoms with Gasteiger partial charge >= 0.3 is 0 Å². The Labute approximate surface area is 169 Å². The standard InChI is InChI=1S/C22H22ClN3O2/c1-2-28-21-19(11-18(23)13-25-21)22(27)26-9-5-8-17(14-26)20-10-15-6-3-4-7-16(15)12-24-20/h3-4,6-7,10-13,17H,2,5,8-9,14H2,1H3/t17-/m0/s1. The number of amides is 1. The summed E-state index contributed by atoms with van der Waals surface area (Å²) in [6, 6.07) is 12.0. The summed E-state index contributed by atoms with van der Waals surface area (Å²) in [4.78, 5) is 23.9. The van der Waals surface area contributed by atoms with E-state index < -0.39 is 0 Å². The molecule has 144 valence electrons. The van der Waals surface area contributed by atoms with E-state index in [1.807, 2.05) is 30.2 Å². The summed E-state index contributed by atoms with van der Waals surface area (Å²) in [7, 11) is 0. The number of carbonyl (C=O) groups excluding carboxylic acids is 1. The first kappa shape index (κ1) is 18.7. The monoisotopic (exact) mass is 395 g/mol. The molecule has 0 radical (unpaired) electrons. The zero-order valence-corrected chi connectivity index (χ0v) is 16.5. The second-order valence-electron chi connectivity index (χ2n) is 6.99. The molecule has 1 atom stereocenters. The minimum atomic E-state index is -0.0936. The molecule has 28 heavy (non-hydrogen) atoms. The van der Waals surface area contributed by atoms with Crippen molar-refractivity contribution in [2.45, 2.75) is 25.7 Å². The lowest BCUT2D eigenvalue weighted by Crippen LogP contribution is -2.39. The van der Waals surface area contributed by atoms with Crippen LogP contribution in [0.2, 0.25) is 5.02 Å². The molecule has 0 bridgehead atoms. The quantitative estimate of drug-likeness (QED) is 0.642. The third kappa shape index (κ3) is 3.80. The van der Waals surface area contributed by atoms with E-state index in [1.165, 1.54) is 11.6 Å². The highest BCUT2D eigenvalue weighted by atomic mass is 35.5. The van der Waals surface area contributed by atoms with Crippen molar-refractivity contribution in [1.82, 2.24) is 14.9 Å². The zero-order chi connectivity index (χ0) is 19.5. The fraction of sp³-hybridized carbons (Fsp3) is 0.318. The lowest BCUT2D eigenvalue weighted by molar-refractivity contribution is 0.0701. The van der Waals surface area contributed by atoms with Gasteiger partial charge in [0, 0.05) is 42.5 Å². The van der Waals surface area contributed by atoms with E-state index in [0.717, 1.165) is 23.9 Å².